The molecule has 1 aromatic carbocycles. The third-order valence-corrected chi connectivity index (χ3v) is 3.56. The highest BCUT2D eigenvalue weighted by atomic mass is 16.6. The van der Waals surface area contributed by atoms with Crippen LogP contribution in [0.4, 0.5) is 11.4 Å². The number of amides is 1. The van der Waals surface area contributed by atoms with Crippen LogP contribution in [-0.4, -0.2) is 35.9 Å². The van der Waals surface area contributed by atoms with Gasteiger partial charge in [0.2, 0.25) is 0 Å². The first kappa shape index (κ1) is 14.3. The summed E-state index contributed by atoms with van der Waals surface area (Å²) in [6, 6.07) is 4.91. The van der Waals surface area contributed by atoms with E-state index in [2.05, 4.69) is 5.32 Å². The van der Waals surface area contributed by atoms with Crippen LogP contribution in [0.15, 0.2) is 18.2 Å². The highest BCUT2D eigenvalue weighted by Crippen LogP contribution is 2.30. The lowest BCUT2D eigenvalue weighted by molar-refractivity contribution is -0.384. The molecule has 1 fully saturated rings. The van der Waals surface area contributed by atoms with Crippen molar-refractivity contribution >= 4 is 17.3 Å². The van der Waals surface area contributed by atoms with Crippen molar-refractivity contribution in [3.8, 4) is 0 Å². The molecule has 0 spiro atoms. The minimum Gasteiger partial charge on any atom is -0.377 e. The monoisotopic (exact) mass is 277 g/mol. The number of carbonyl (C=O) groups is 1. The normalized spacial score (nSPS) is 15.1. The number of nitrogens with zero attached hydrogens (tertiary/aromatic N) is 2. The minimum atomic E-state index is -0.441. The summed E-state index contributed by atoms with van der Waals surface area (Å²) in [6.07, 6.45) is 4.39. The average Bonchev–Trinajstić information content (AvgIpc) is 2.91. The van der Waals surface area contributed by atoms with Crippen molar-refractivity contribution in [2.24, 2.45) is 0 Å². The van der Waals surface area contributed by atoms with Gasteiger partial charge in [-0.15, -0.1) is 0 Å². The second-order valence-corrected chi connectivity index (χ2v) is 5.31. The van der Waals surface area contributed by atoms with Gasteiger partial charge >= 0.3 is 0 Å². The molecule has 0 radical (unpaired) electrons. The summed E-state index contributed by atoms with van der Waals surface area (Å²) >= 11 is 0. The number of hydrogen-bond acceptors (Lipinski definition) is 4. The van der Waals surface area contributed by atoms with Crippen LogP contribution in [0.2, 0.25) is 0 Å². The van der Waals surface area contributed by atoms with E-state index < -0.39 is 4.92 Å². The van der Waals surface area contributed by atoms with Crippen LogP contribution in [0.1, 0.15) is 36.0 Å². The number of nitro benzene ring substituents is 1. The summed E-state index contributed by atoms with van der Waals surface area (Å²) in [5.74, 6) is -0.236. The first-order valence-electron chi connectivity index (χ1n) is 6.75. The van der Waals surface area contributed by atoms with Crippen molar-refractivity contribution in [3.05, 3.63) is 33.9 Å². The zero-order valence-electron chi connectivity index (χ0n) is 11.8. The molecule has 6 nitrogen and oxygen atoms in total. The predicted octanol–water partition coefficient (Wildman–Crippen LogP) is 2.65. The van der Waals surface area contributed by atoms with Gasteiger partial charge in [0.05, 0.1) is 4.92 Å². The van der Waals surface area contributed by atoms with Crippen LogP contribution < -0.4 is 5.32 Å². The Balaban J connectivity index is 2.28. The van der Waals surface area contributed by atoms with Crippen molar-refractivity contribution in [1.29, 1.82) is 0 Å². The van der Waals surface area contributed by atoms with E-state index in [1.807, 2.05) is 0 Å². The fourth-order valence-corrected chi connectivity index (χ4v) is 2.49. The van der Waals surface area contributed by atoms with E-state index in [0.29, 0.717) is 17.3 Å². The molecular weight excluding hydrogens is 258 g/mol. The van der Waals surface area contributed by atoms with Gasteiger partial charge in [-0.3, -0.25) is 14.9 Å². The first-order chi connectivity index (χ1) is 9.49. The van der Waals surface area contributed by atoms with E-state index in [9.17, 15) is 14.9 Å². The van der Waals surface area contributed by atoms with Crippen LogP contribution in [0.25, 0.3) is 0 Å². The molecule has 1 saturated carbocycles. The lowest BCUT2D eigenvalue weighted by Crippen LogP contribution is -2.22. The van der Waals surface area contributed by atoms with Gasteiger partial charge in [0.1, 0.15) is 5.69 Å². The summed E-state index contributed by atoms with van der Waals surface area (Å²) in [5, 5.41) is 14.4. The molecule has 0 aromatic heterocycles. The highest BCUT2D eigenvalue weighted by molar-refractivity contribution is 5.95. The Morgan fingerprint density at radius 2 is 2.00 bits per heavy atom. The molecule has 1 aliphatic rings. The van der Waals surface area contributed by atoms with Gasteiger partial charge in [-0.1, -0.05) is 12.8 Å². The maximum atomic E-state index is 11.9. The number of benzene rings is 1. The van der Waals surface area contributed by atoms with Gasteiger partial charge in [0.25, 0.3) is 11.6 Å². The fraction of sp³-hybridized carbons (Fsp3) is 0.500. The maximum absolute atomic E-state index is 11.9. The molecule has 108 valence electrons. The lowest BCUT2D eigenvalue weighted by atomic mass is 10.1. The van der Waals surface area contributed by atoms with Crippen LogP contribution in [-0.2, 0) is 0 Å². The summed E-state index contributed by atoms with van der Waals surface area (Å²) in [5.41, 5.74) is 0.792. The van der Waals surface area contributed by atoms with Gasteiger partial charge < -0.3 is 10.2 Å². The quantitative estimate of drug-likeness (QED) is 0.678. The Hall–Kier alpha value is -2.11. The van der Waals surface area contributed by atoms with E-state index in [1.165, 1.54) is 11.0 Å². The molecule has 1 N–H and O–H groups in total. The number of nitro groups is 1. The van der Waals surface area contributed by atoms with E-state index in [4.69, 9.17) is 0 Å². The molecule has 1 aromatic rings. The first-order valence-corrected chi connectivity index (χ1v) is 6.75. The Bertz CT molecular complexity index is 522. The topological polar surface area (TPSA) is 75.5 Å². The van der Waals surface area contributed by atoms with Crippen molar-refractivity contribution < 1.29 is 9.72 Å². The minimum absolute atomic E-state index is 0.0374. The Morgan fingerprint density at radius 1 is 1.35 bits per heavy atom. The average molecular weight is 277 g/mol. The van der Waals surface area contributed by atoms with Crippen LogP contribution in [0, 0.1) is 10.1 Å². The summed E-state index contributed by atoms with van der Waals surface area (Å²) in [7, 11) is 3.25. The third kappa shape index (κ3) is 3.07. The van der Waals surface area contributed by atoms with E-state index >= 15 is 0 Å². The zero-order chi connectivity index (χ0) is 14.7. The van der Waals surface area contributed by atoms with E-state index in [0.717, 1.165) is 25.7 Å². The van der Waals surface area contributed by atoms with Crippen molar-refractivity contribution in [1.82, 2.24) is 4.90 Å². The number of anilines is 1. The Kier molecular flexibility index (Phi) is 4.22. The third-order valence-electron chi connectivity index (χ3n) is 3.56. The highest BCUT2D eigenvalue weighted by Gasteiger charge is 2.22. The molecule has 0 atom stereocenters. The molecule has 0 bridgehead atoms. The molecule has 6 heteroatoms. The molecule has 0 saturated heterocycles. The van der Waals surface area contributed by atoms with Gasteiger partial charge in [-0.05, 0) is 25.0 Å². The number of hydrogen-bond donors (Lipinski definition) is 1. The van der Waals surface area contributed by atoms with Crippen molar-refractivity contribution in [2.45, 2.75) is 31.7 Å². The number of nitrogens with one attached hydrogen (secondary N) is 1. The molecule has 0 aliphatic heterocycles. The second kappa shape index (κ2) is 5.90. The van der Waals surface area contributed by atoms with Gasteiger partial charge in [0, 0.05) is 31.8 Å². The van der Waals surface area contributed by atoms with E-state index in [-0.39, 0.29) is 11.6 Å². The molecule has 0 unspecified atom stereocenters. The molecule has 20 heavy (non-hydrogen) atoms. The second-order valence-electron chi connectivity index (χ2n) is 5.31. The van der Waals surface area contributed by atoms with Crippen molar-refractivity contribution in [2.75, 3.05) is 19.4 Å². The van der Waals surface area contributed by atoms with Gasteiger partial charge in [-0.25, -0.2) is 0 Å². The SMILES string of the molecule is CN(C)C(=O)c1ccc(NC2CCCC2)c([N+](=O)[O-])c1. The Labute approximate surface area is 117 Å². The smallest absolute Gasteiger partial charge is 0.293 e. The number of carbonyl (C=O) groups excluding carboxylic acids is 1. The van der Waals surface area contributed by atoms with Crippen LogP contribution >= 0.6 is 0 Å². The zero-order valence-corrected chi connectivity index (χ0v) is 11.8. The maximum Gasteiger partial charge on any atom is 0.293 e. The predicted molar refractivity (Wildman–Crippen MR) is 77.0 cm³/mol. The number of rotatable bonds is 4. The standard InChI is InChI=1S/C14H19N3O3/c1-16(2)14(18)10-7-8-12(13(9-10)17(19)20)15-11-5-3-4-6-11/h7-9,11,15H,3-6H2,1-2H3. The molecule has 2 rings (SSSR count). The molecule has 0 heterocycles. The Morgan fingerprint density at radius 3 is 2.55 bits per heavy atom. The molecule has 1 aliphatic carbocycles. The largest absolute Gasteiger partial charge is 0.377 e. The van der Waals surface area contributed by atoms with Crippen LogP contribution in [0.5, 0.6) is 0 Å². The van der Waals surface area contributed by atoms with Crippen molar-refractivity contribution in [3.63, 3.8) is 0 Å². The lowest BCUT2D eigenvalue weighted by Gasteiger charge is -2.15. The molecular formula is C14H19N3O3. The summed E-state index contributed by atoms with van der Waals surface area (Å²) < 4.78 is 0. The summed E-state index contributed by atoms with van der Waals surface area (Å²) in [6.45, 7) is 0. The summed E-state index contributed by atoms with van der Waals surface area (Å²) in [4.78, 5) is 24.0. The van der Waals surface area contributed by atoms with Gasteiger partial charge in [0.15, 0.2) is 0 Å². The van der Waals surface area contributed by atoms with E-state index in [1.54, 1.807) is 26.2 Å². The van der Waals surface area contributed by atoms with Crippen LogP contribution in [0.3, 0.4) is 0 Å². The molecule has 1 amide bonds. The van der Waals surface area contributed by atoms with Gasteiger partial charge in [-0.2, -0.15) is 0 Å². The fourth-order valence-electron chi connectivity index (χ4n) is 2.49.